The van der Waals surface area contributed by atoms with Gasteiger partial charge in [-0.05, 0) is 13.0 Å². The first-order valence-corrected chi connectivity index (χ1v) is 9.42. The van der Waals surface area contributed by atoms with Crippen molar-refractivity contribution in [1.29, 1.82) is 0 Å². The van der Waals surface area contributed by atoms with Crippen LogP contribution in [0.3, 0.4) is 0 Å². The first-order valence-electron chi connectivity index (χ1n) is 9.42. The lowest BCUT2D eigenvalue weighted by Crippen LogP contribution is -2.42. The maximum absolute atomic E-state index is 12.6. The number of nitrogens with one attached hydrogen (secondary N) is 1. The van der Waals surface area contributed by atoms with Gasteiger partial charge in [-0.15, -0.1) is 0 Å². The number of amides is 2. The van der Waals surface area contributed by atoms with E-state index in [2.05, 4.69) is 5.32 Å². The molecule has 29 heavy (non-hydrogen) atoms. The number of rotatable bonds is 7. The average molecular weight is 401 g/mol. The van der Waals surface area contributed by atoms with Gasteiger partial charge in [0.15, 0.2) is 0 Å². The topological polar surface area (TPSA) is 107 Å². The van der Waals surface area contributed by atoms with Crippen LogP contribution in [0.4, 0.5) is 0 Å². The highest BCUT2D eigenvalue weighted by atomic mass is 16.5. The molecule has 0 atom stereocenters. The molecule has 1 aromatic heterocycles. The molecule has 1 aliphatic rings. The fourth-order valence-corrected chi connectivity index (χ4v) is 3.18. The Hall–Kier alpha value is -3.20. The number of aromatic nitrogens is 1. The summed E-state index contributed by atoms with van der Waals surface area (Å²) in [5.41, 5.74) is 0.854. The third-order valence-corrected chi connectivity index (χ3v) is 4.61. The molecule has 9 heteroatoms. The summed E-state index contributed by atoms with van der Waals surface area (Å²) in [6, 6.07) is 7.06. The molecule has 1 aromatic carbocycles. The number of hydrogen-bond acceptors (Lipinski definition) is 6. The fourth-order valence-electron chi connectivity index (χ4n) is 3.18. The van der Waals surface area contributed by atoms with Gasteiger partial charge in [-0.3, -0.25) is 19.2 Å². The van der Waals surface area contributed by atoms with Gasteiger partial charge in [0.05, 0.1) is 25.4 Å². The number of benzene rings is 1. The molecule has 9 nitrogen and oxygen atoms in total. The number of ether oxygens (including phenoxy) is 2. The molecular weight excluding hydrogens is 378 g/mol. The molecule has 2 amide bonds. The number of ketones is 1. The Morgan fingerprint density at radius 1 is 1.14 bits per heavy atom. The second-order valence-electron chi connectivity index (χ2n) is 6.50. The number of para-hydroxylation sites is 1. The van der Waals surface area contributed by atoms with Crippen molar-refractivity contribution in [2.45, 2.75) is 13.5 Å². The van der Waals surface area contributed by atoms with Gasteiger partial charge in [0.25, 0.3) is 11.7 Å². The molecule has 2 aromatic rings. The van der Waals surface area contributed by atoms with Crippen molar-refractivity contribution < 1.29 is 28.7 Å². The highest BCUT2D eigenvalue weighted by molar-refractivity contribution is 6.45. The normalized spacial score (nSPS) is 13.9. The van der Waals surface area contributed by atoms with E-state index in [4.69, 9.17) is 9.47 Å². The van der Waals surface area contributed by atoms with Crippen LogP contribution in [0.5, 0.6) is 0 Å². The number of carbonyl (C=O) groups is 4. The van der Waals surface area contributed by atoms with Crippen molar-refractivity contribution in [2.24, 2.45) is 0 Å². The molecule has 0 bridgehead atoms. The van der Waals surface area contributed by atoms with Gasteiger partial charge in [0.1, 0.15) is 13.1 Å². The maximum Gasteiger partial charge on any atom is 0.325 e. The molecular formula is C20H23N3O6. The molecule has 1 saturated heterocycles. The SMILES string of the molecule is CCOC(=O)CNC(=O)C(=O)c1cn(CC(=O)N2CCOCC2)c2ccccc12. The summed E-state index contributed by atoms with van der Waals surface area (Å²) < 4.78 is 11.7. The van der Waals surface area contributed by atoms with Gasteiger partial charge in [0.2, 0.25) is 5.91 Å². The molecule has 1 aliphatic heterocycles. The van der Waals surface area contributed by atoms with Crippen LogP contribution in [0.15, 0.2) is 30.5 Å². The van der Waals surface area contributed by atoms with Gasteiger partial charge in [-0.1, -0.05) is 18.2 Å². The molecule has 0 radical (unpaired) electrons. The van der Waals surface area contributed by atoms with Crippen LogP contribution < -0.4 is 5.32 Å². The largest absolute Gasteiger partial charge is 0.465 e. The lowest BCUT2D eigenvalue weighted by atomic mass is 10.1. The van der Waals surface area contributed by atoms with Gasteiger partial charge in [-0.25, -0.2) is 0 Å². The van der Waals surface area contributed by atoms with E-state index in [1.54, 1.807) is 40.7 Å². The van der Waals surface area contributed by atoms with Crippen LogP contribution in [-0.4, -0.2) is 72.5 Å². The summed E-state index contributed by atoms with van der Waals surface area (Å²) >= 11 is 0. The van der Waals surface area contributed by atoms with Crippen LogP contribution >= 0.6 is 0 Å². The Morgan fingerprint density at radius 2 is 1.86 bits per heavy atom. The lowest BCUT2D eigenvalue weighted by Gasteiger charge is -2.27. The maximum atomic E-state index is 12.6. The molecule has 0 spiro atoms. The van der Waals surface area contributed by atoms with E-state index >= 15 is 0 Å². The zero-order valence-electron chi connectivity index (χ0n) is 16.2. The average Bonchev–Trinajstić information content (AvgIpc) is 3.10. The highest BCUT2D eigenvalue weighted by Gasteiger charge is 2.24. The van der Waals surface area contributed by atoms with Crippen LogP contribution in [0, 0.1) is 0 Å². The van der Waals surface area contributed by atoms with E-state index in [0.29, 0.717) is 37.2 Å². The summed E-state index contributed by atoms with van der Waals surface area (Å²) in [6.45, 7) is 3.57. The number of carbonyl (C=O) groups excluding carboxylic acids is 4. The molecule has 1 N–H and O–H groups in total. The lowest BCUT2D eigenvalue weighted by molar-refractivity contribution is -0.143. The Balaban J connectivity index is 1.78. The van der Waals surface area contributed by atoms with Gasteiger partial charge in [-0.2, -0.15) is 0 Å². The quantitative estimate of drug-likeness (QED) is 0.408. The predicted octanol–water partition coefficient (Wildman–Crippen LogP) is 0.362. The third-order valence-electron chi connectivity index (χ3n) is 4.61. The summed E-state index contributed by atoms with van der Waals surface area (Å²) in [6.07, 6.45) is 1.51. The highest BCUT2D eigenvalue weighted by Crippen LogP contribution is 2.22. The monoisotopic (exact) mass is 401 g/mol. The van der Waals surface area contributed by atoms with Gasteiger partial charge >= 0.3 is 5.97 Å². The van der Waals surface area contributed by atoms with E-state index in [0.717, 1.165) is 0 Å². The zero-order chi connectivity index (χ0) is 20.8. The number of morpholine rings is 1. The minimum absolute atomic E-state index is 0.0538. The summed E-state index contributed by atoms with van der Waals surface area (Å²) in [5.74, 6) is -2.38. The van der Waals surface area contributed by atoms with Crippen molar-refractivity contribution in [3.8, 4) is 0 Å². The number of hydrogen-bond donors (Lipinski definition) is 1. The van der Waals surface area contributed by atoms with E-state index in [9.17, 15) is 19.2 Å². The second-order valence-corrected chi connectivity index (χ2v) is 6.50. The Bertz CT molecular complexity index is 929. The van der Waals surface area contributed by atoms with Crippen molar-refractivity contribution in [3.05, 3.63) is 36.0 Å². The minimum atomic E-state index is -0.902. The molecule has 1 fully saturated rings. The molecule has 0 saturated carbocycles. The number of nitrogens with zero attached hydrogens (tertiary/aromatic N) is 2. The smallest absolute Gasteiger partial charge is 0.325 e. The van der Waals surface area contributed by atoms with Crippen LogP contribution in [0.25, 0.3) is 10.9 Å². The number of esters is 1. The molecule has 0 aliphatic carbocycles. The molecule has 3 rings (SSSR count). The Morgan fingerprint density at radius 3 is 2.59 bits per heavy atom. The van der Waals surface area contributed by atoms with Gasteiger partial charge < -0.3 is 24.3 Å². The van der Waals surface area contributed by atoms with Crippen LogP contribution in [-0.2, 0) is 30.4 Å². The predicted molar refractivity (Wildman–Crippen MR) is 103 cm³/mol. The number of fused-ring (bicyclic) bond motifs is 1. The minimum Gasteiger partial charge on any atom is -0.465 e. The van der Waals surface area contributed by atoms with E-state index < -0.39 is 17.7 Å². The van der Waals surface area contributed by atoms with Crippen LogP contribution in [0.2, 0.25) is 0 Å². The first kappa shape index (κ1) is 20.5. The first-order chi connectivity index (χ1) is 14.0. The van der Waals surface area contributed by atoms with Crippen molar-refractivity contribution in [3.63, 3.8) is 0 Å². The van der Waals surface area contributed by atoms with Crippen molar-refractivity contribution in [1.82, 2.24) is 14.8 Å². The van der Waals surface area contributed by atoms with Crippen molar-refractivity contribution in [2.75, 3.05) is 39.5 Å². The zero-order valence-corrected chi connectivity index (χ0v) is 16.2. The molecule has 0 unspecified atom stereocenters. The van der Waals surface area contributed by atoms with E-state index in [1.807, 2.05) is 0 Å². The standard InChI is InChI=1S/C20H23N3O6/c1-2-29-18(25)11-21-20(27)19(26)15-12-23(16-6-4-3-5-14(15)16)13-17(24)22-7-9-28-10-8-22/h3-6,12H,2,7-11,13H2,1H3,(H,21,27). The summed E-state index contributed by atoms with van der Waals surface area (Å²) in [7, 11) is 0. The van der Waals surface area contributed by atoms with E-state index in [-0.39, 0.29) is 31.2 Å². The van der Waals surface area contributed by atoms with Gasteiger partial charge in [0, 0.05) is 30.2 Å². The Labute approximate surface area is 167 Å². The second kappa shape index (κ2) is 9.33. The molecule has 2 heterocycles. The fraction of sp³-hybridized carbons (Fsp3) is 0.400. The van der Waals surface area contributed by atoms with Crippen molar-refractivity contribution >= 4 is 34.5 Å². The number of Topliss-reactive ketones (excluding diaryl/α,β-unsaturated/α-hetero) is 1. The Kier molecular flexibility index (Phi) is 6.61. The molecule has 154 valence electrons. The van der Waals surface area contributed by atoms with Crippen LogP contribution in [0.1, 0.15) is 17.3 Å². The third kappa shape index (κ3) is 4.80. The van der Waals surface area contributed by atoms with E-state index in [1.165, 1.54) is 6.20 Å². The summed E-state index contributed by atoms with van der Waals surface area (Å²) in [4.78, 5) is 50.6. The summed E-state index contributed by atoms with van der Waals surface area (Å²) in [5, 5.41) is 2.84.